The van der Waals surface area contributed by atoms with E-state index in [0.29, 0.717) is 0 Å². The van der Waals surface area contributed by atoms with Crippen LogP contribution in [0.1, 0.15) is 0 Å². The SMILES string of the molecule is CO[P+](=O)OC.Nc1nc(N)nc(N)n1. The second-order valence-corrected chi connectivity index (χ2v) is 3.18. The predicted octanol–water partition coefficient (Wildman–Crippen LogP) is -0.445. The highest BCUT2D eigenvalue weighted by Crippen LogP contribution is 2.18. The van der Waals surface area contributed by atoms with Crippen LogP contribution in [0.15, 0.2) is 0 Å². The standard InChI is InChI=1S/C3H6N6.C2H6O3P/c4-1-7-2(5)9-3(6)8-1;1-4-6(3)5-2/h(H6,4,5,6,7,8,9);1-2H3/q;+1. The summed E-state index contributed by atoms with van der Waals surface area (Å²) < 4.78 is 18.3. The van der Waals surface area contributed by atoms with Crippen LogP contribution in [0.25, 0.3) is 0 Å². The number of nitrogens with two attached hydrogens (primary N) is 3. The van der Waals surface area contributed by atoms with Gasteiger partial charge in [0.1, 0.15) is 0 Å². The third-order valence-corrected chi connectivity index (χ3v) is 1.58. The molecule has 1 rings (SSSR count). The van der Waals surface area contributed by atoms with Crippen molar-refractivity contribution in [2.45, 2.75) is 0 Å². The zero-order valence-corrected chi connectivity index (χ0v) is 9.14. The van der Waals surface area contributed by atoms with Crippen LogP contribution in [0.4, 0.5) is 17.8 Å². The number of aromatic nitrogens is 3. The molecule has 0 aliphatic heterocycles. The van der Waals surface area contributed by atoms with Crippen molar-refractivity contribution >= 4 is 26.1 Å². The normalized spacial score (nSPS) is 8.93. The van der Waals surface area contributed by atoms with Gasteiger partial charge in [-0.1, -0.05) is 0 Å². The summed E-state index contributed by atoms with van der Waals surface area (Å²) in [5, 5.41) is 0. The average molecular weight is 235 g/mol. The highest BCUT2D eigenvalue weighted by atomic mass is 31.1. The summed E-state index contributed by atoms with van der Waals surface area (Å²) >= 11 is 0. The van der Waals surface area contributed by atoms with E-state index >= 15 is 0 Å². The molecule has 0 aliphatic rings. The van der Waals surface area contributed by atoms with Crippen LogP contribution in [-0.4, -0.2) is 29.2 Å². The maximum absolute atomic E-state index is 9.88. The molecule has 84 valence electrons. The Hall–Kier alpha value is -1.57. The van der Waals surface area contributed by atoms with Gasteiger partial charge < -0.3 is 17.2 Å². The summed E-state index contributed by atoms with van der Waals surface area (Å²) in [6, 6.07) is 0. The molecule has 1 aromatic heterocycles. The van der Waals surface area contributed by atoms with Crippen molar-refractivity contribution in [1.82, 2.24) is 15.0 Å². The Morgan fingerprint density at radius 3 is 1.33 bits per heavy atom. The highest BCUT2D eigenvalue weighted by Gasteiger charge is 2.10. The first-order valence-corrected chi connectivity index (χ1v) is 4.67. The molecule has 0 saturated carbocycles. The van der Waals surface area contributed by atoms with Gasteiger partial charge in [-0.05, 0) is 0 Å². The number of anilines is 3. The zero-order valence-electron chi connectivity index (χ0n) is 8.25. The van der Waals surface area contributed by atoms with Gasteiger partial charge >= 0.3 is 8.25 Å². The zero-order chi connectivity index (χ0) is 11.8. The predicted molar refractivity (Wildman–Crippen MR) is 54.7 cm³/mol. The van der Waals surface area contributed by atoms with E-state index in [0.717, 1.165) is 0 Å². The van der Waals surface area contributed by atoms with Crippen LogP contribution in [0.3, 0.4) is 0 Å². The molecule has 0 saturated heterocycles. The Morgan fingerprint density at radius 2 is 1.20 bits per heavy atom. The van der Waals surface area contributed by atoms with Crippen LogP contribution in [0.5, 0.6) is 0 Å². The molecular formula is C5H12N6O3P+. The summed E-state index contributed by atoms with van der Waals surface area (Å²) in [5.74, 6) is 0.125. The number of hydrogen-bond acceptors (Lipinski definition) is 9. The minimum absolute atomic E-state index is 0.0417. The van der Waals surface area contributed by atoms with Gasteiger partial charge in [-0.3, -0.25) is 0 Å². The number of hydrogen-bond donors (Lipinski definition) is 3. The molecule has 0 radical (unpaired) electrons. The summed E-state index contributed by atoms with van der Waals surface area (Å²) in [6.45, 7) is 0. The van der Waals surface area contributed by atoms with E-state index in [-0.39, 0.29) is 17.8 Å². The summed E-state index contributed by atoms with van der Waals surface area (Å²) in [7, 11) is 0.817. The lowest BCUT2D eigenvalue weighted by Gasteiger charge is -1.93. The van der Waals surface area contributed by atoms with E-state index in [4.69, 9.17) is 17.2 Å². The van der Waals surface area contributed by atoms with E-state index in [2.05, 4.69) is 24.0 Å². The van der Waals surface area contributed by atoms with Crippen molar-refractivity contribution in [3.63, 3.8) is 0 Å². The van der Waals surface area contributed by atoms with E-state index in [9.17, 15) is 4.57 Å². The number of nitrogens with zero attached hydrogens (tertiary/aromatic N) is 3. The van der Waals surface area contributed by atoms with Crippen LogP contribution in [0, 0.1) is 0 Å². The van der Waals surface area contributed by atoms with Crippen LogP contribution < -0.4 is 17.2 Å². The molecule has 10 heteroatoms. The van der Waals surface area contributed by atoms with Crippen LogP contribution in [0.2, 0.25) is 0 Å². The van der Waals surface area contributed by atoms with Crippen molar-refractivity contribution < 1.29 is 13.6 Å². The first kappa shape index (κ1) is 13.4. The average Bonchev–Trinajstić information content (AvgIpc) is 2.15. The summed E-state index contributed by atoms with van der Waals surface area (Å²) in [6.07, 6.45) is 0. The van der Waals surface area contributed by atoms with E-state index in [1.807, 2.05) is 0 Å². The third kappa shape index (κ3) is 6.49. The van der Waals surface area contributed by atoms with E-state index < -0.39 is 8.25 Å². The first-order chi connectivity index (χ1) is 6.99. The Morgan fingerprint density at radius 1 is 0.933 bits per heavy atom. The van der Waals surface area contributed by atoms with Crippen molar-refractivity contribution in [1.29, 1.82) is 0 Å². The topological polar surface area (TPSA) is 152 Å². The molecule has 6 N–H and O–H groups in total. The second kappa shape index (κ2) is 6.82. The van der Waals surface area contributed by atoms with Gasteiger partial charge in [-0.15, -0.1) is 9.05 Å². The molecule has 9 nitrogen and oxygen atoms in total. The van der Waals surface area contributed by atoms with Crippen molar-refractivity contribution in [2.75, 3.05) is 31.4 Å². The Bertz CT molecular complexity index is 278. The lowest BCUT2D eigenvalue weighted by molar-refractivity contribution is 0.302. The molecule has 0 atom stereocenters. The molecule has 0 bridgehead atoms. The number of rotatable bonds is 2. The minimum atomic E-state index is -1.83. The van der Waals surface area contributed by atoms with Gasteiger partial charge in [-0.25, -0.2) is 0 Å². The number of nitrogen functional groups attached to an aromatic ring is 3. The molecular weight excluding hydrogens is 223 g/mol. The maximum atomic E-state index is 9.88. The summed E-state index contributed by atoms with van der Waals surface area (Å²) in [4.78, 5) is 10.5. The van der Waals surface area contributed by atoms with Crippen molar-refractivity contribution in [2.24, 2.45) is 0 Å². The summed E-state index contributed by atoms with van der Waals surface area (Å²) in [5.41, 5.74) is 15.4. The minimum Gasteiger partial charge on any atom is -0.368 e. The molecule has 1 aromatic rings. The molecule has 0 amide bonds. The molecule has 0 spiro atoms. The van der Waals surface area contributed by atoms with Gasteiger partial charge in [0.2, 0.25) is 17.8 Å². The van der Waals surface area contributed by atoms with Gasteiger partial charge in [-0.2, -0.15) is 15.0 Å². The molecule has 15 heavy (non-hydrogen) atoms. The highest BCUT2D eigenvalue weighted by molar-refractivity contribution is 7.33. The molecule has 0 aliphatic carbocycles. The van der Waals surface area contributed by atoms with E-state index in [1.54, 1.807) is 0 Å². The second-order valence-electron chi connectivity index (χ2n) is 2.00. The molecule has 0 unspecified atom stereocenters. The third-order valence-electron chi connectivity index (χ3n) is 0.985. The molecule has 1 heterocycles. The Balaban J connectivity index is 0.000000288. The van der Waals surface area contributed by atoms with Gasteiger partial charge in [0.05, 0.1) is 14.2 Å². The monoisotopic (exact) mass is 235 g/mol. The van der Waals surface area contributed by atoms with Crippen LogP contribution >= 0.6 is 8.25 Å². The first-order valence-electron chi connectivity index (χ1n) is 3.57. The fourth-order valence-electron chi connectivity index (χ4n) is 0.502. The van der Waals surface area contributed by atoms with Crippen LogP contribution in [-0.2, 0) is 13.6 Å². The van der Waals surface area contributed by atoms with Gasteiger partial charge in [0.25, 0.3) is 0 Å². The molecule has 0 fully saturated rings. The van der Waals surface area contributed by atoms with Gasteiger partial charge in [0, 0.05) is 4.57 Å². The van der Waals surface area contributed by atoms with Crippen molar-refractivity contribution in [3.05, 3.63) is 0 Å². The molecule has 0 aromatic carbocycles. The largest absolute Gasteiger partial charge is 0.696 e. The smallest absolute Gasteiger partial charge is 0.368 e. The lowest BCUT2D eigenvalue weighted by atomic mass is 10.9. The lowest BCUT2D eigenvalue weighted by Crippen LogP contribution is -2.05. The fraction of sp³-hybridized carbons (Fsp3) is 0.400. The van der Waals surface area contributed by atoms with Gasteiger partial charge in [0.15, 0.2) is 0 Å². The van der Waals surface area contributed by atoms with E-state index in [1.165, 1.54) is 14.2 Å². The van der Waals surface area contributed by atoms with Crippen molar-refractivity contribution in [3.8, 4) is 0 Å². The maximum Gasteiger partial charge on any atom is 0.696 e. The Labute approximate surface area is 87.0 Å². The Kier molecular flexibility index (Phi) is 6.11. The quantitative estimate of drug-likeness (QED) is 0.578. The fourth-order valence-corrected chi connectivity index (χ4v) is 0.651.